The number of rotatable bonds is 5. The minimum atomic E-state index is -0.144. The Morgan fingerprint density at radius 3 is 3.00 bits per heavy atom. The third-order valence-electron chi connectivity index (χ3n) is 3.45. The molecule has 124 valence electrons. The molecule has 1 unspecified atom stereocenters. The standard InChI is InChI=1S/C16H15ClN4O2S/c1-20(10-14(22)19-13-5-3-2-4-12(13)17)9-11-8-15(23)21-6-7-24-16(21)18-11/h2-8H,9-10H2,1H3,(H,19,22)/p+1. The number of amides is 1. The van der Waals surface area contributed by atoms with E-state index in [0.29, 0.717) is 27.9 Å². The number of nitrogens with one attached hydrogen (secondary N) is 2. The molecule has 0 saturated carbocycles. The lowest BCUT2D eigenvalue weighted by Crippen LogP contribution is -3.08. The summed E-state index contributed by atoms with van der Waals surface area (Å²) in [7, 11) is 1.88. The smallest absolute Gasteiger partial charge is 0.279 e. The highest BCUT2D eigenvalue weighted by atomic mass is 35.5. The molecule has 2 aromatic heterocycles. The van der Waals surface area contributed by atoms with Crippen LogP contribution in [0.5, 0.6) is 0 Å². The SMILES string of the molecule is C[NH+](CC(=O)Nc1ccccc1Cl)Cc1cc(=O)n2ccsc2n1. The van der Waals surface area contributed by atoms with Gasteiger partial charge in [0.05, 0.1) is 17.8 Å². The molecule has 6 nitrogen and oxygen atoms in total. The Bertz CT molecular complexity index is 937. The number of likely N-dealkylation sites (N-methyl/N-ethyl adjacent to an activating group) is 1. The van der Waals surface area contributed by atoms with Gasteiger partial charge in [0.1, 0.15) is 12.2 Å². The summed E-state index contributed by atoms with van der Waals surface area (Å²) in [5.74, 6) is -0.144. The van der Waals surface area contributed by atoms with Crippen LogP contribution in [0.4, 0.5) is 5.69 Å². The van der Waals surface area contributed by atoms with Crippen molar-refractivity contribution < 1.29 is 9.69 Å². The molecule has 1 amide bonds. The van der Waals surface area contributed by atoms with Crippen molar-refractivity contribution in [1.29, 1.82) is 0 Å². The van der Waals surface area contributed by atoms with Gasteiger partial charge >= 0.3 is 0 Å². The molecule has 1 atom stereocenters. The van der Waals surface area contributed by atoms with Crippen LogP contribution in [0.2, 0.25) is 5.02 Å². The first-order valence-electron chi connectivity index (χ1n) is 7.34. The zero-order chi connectivity index (χ0) is 17.1. The fourth-order valence-electron chi connectivity index (χ4n) is 2.38. The van der Waals surface area contributed by atoms with Crippen LogP contribution in [0, 0.1) is 0 Å². The number of carbonyl (C=O) groups is 1. The van der Waals surface area contributed by atoms with Crippen molar-refractivity contribution in [2.75, 3.05) is 18.9 Å². The predicted octanol–water partition coefficient (Wildman–Crippen LogP) is 1.06. The second kappa shape index (κ2) is 7.12. The van der Waals surface area contributed by atoms with Gasteiger partial charge in [-0.1, -0.05) is 23.7 Å². The van der Waals surface area contributed by atoms with Crippen molar-refractivity contribution in [1.82, 2.24) is 9.38 Å². The number of hydrogen-bond acceptors (Lipinski definition) is 4. The summed E-state index contributed by atoms with van der Waals surface area (Å²) in [5, 5.41) is 5.11. The lowest BCUT2D eigenvalue weighted by molar-refractivity contribution is -0.885. The van der Waals surface area contributed by atoms with Gasteiger partial charge in [-0.25, -0.2) is 4.98 Å². The number of hydrogen-bond donors (Lipinski definition) is 2. The van der Waals surface area contributed by atoms with E-state index in [9.17, 15) is 9.59 Å². The summed E-state index contributed by atoms with van der Waals surface area (Å²) in [6.07, 6.45) is 1.70. The maximum Gasteiger partial charge on any atom is 0.279 e. The molecular weight excluding hydrogens is 348 g/mol. The van der Waals surface area contributed by atoms with E-state index in [0.717, 1.165) is 4.90 Å². The quantitative estimate of drug-likeness (QED) is 0.712. The van der Waals surface area contributed by atoms with Crippen LogP contribution < -0.4 is 15.8 Å². The maximum absolute atomic E-state index is 12.1. The Kier molecular flexibility index (Phi) is 4.94. The summed E-state index contributed by atoms with van der Waals surface area (Å²) in [4.78, 5) is 30.1. The summed E-state index contributed by atoms with van der Waals surface area (Å²) in [6.45, 7) is 0.732. The average Bonchev–Trinajstić information content (AvgIpc) is 2.98. The van der Waals surface area contributed by atoms with Gasteiger partial charge in [-0.05, 0) is 12.1 Å². The van der Waals surface area contributed by atoms with Gasteiger partial charge in [0, 0.05) is 17.6 Å². The second-order valence-electron chi connectivity index (χ2n) is 5.48. The van der Waals surface area contributed by atoms with Crippen molar-refractivity contribution in [3.05, 3.63) is 63.0 Å². The van der Waals surface area contributed by atoms with Crippen LogP contribution in [-0.2, 0) is 11.3 Å². The van der Waals surface area contributed by atoms with E-state index in [1.54, 1.807) is 24.4 Å². The van der Waals surface area contributed by atoms with Gasteiger partial charge in [-0.2, -0.15) is 0 Å². The van der Waals surface area contributed by atoms with Gasteiger partial charge in [0.15, 0.2) is 11.5 Å². The number of carbonyl (C=O) groups excluding carboxylic acids is 1. The van der Waals surface area contributed by atoms with Crippen molar-refractivity contribution in [3.63, 3.8) is 0 Å². The van der Waals surface area contributed by atoms with E-state index >= 15 is 0 Å². The normalized spacial score (nSPS) is 12.2. The van der Waals surface area contributed by atoms with Crippen molar-refractivity contribution in [2.24, 2.45) is 0 Å². The molecule has 3 rings (SSSR count). The molecule has 0 saturated heterocycles. The molecule has 0 radical (unpaired) electrons. The first-order chi connectivity index (χ1) is 11.5. The van der Waals surface area contributed by atoms with E-state index in [4.69, 9.17) is 11.6 Å². The number of thiazole rings is 1. The molecule has 24 heavy (non-hydrogen) atoms. The average molecular weight is 364 g/mol. The zero-order valence-corrected chi connectivity index (χ0v) is 14.5. The number of nitrogens with zero attached hydrogens (tertiary/aromatic N) is 2. The molecule has 0 aliphatic heterocycles. The van der Waals surface area contributed by atoms with Gasteiger partial charge in [-0.3, -0.25) is 14.0 Å². The molecule has 8 heteroatoms. The molecule has 0 aliphatic rings. The van der Waals surface area contributed by atoms with Crippen molar-refractivity contribution >= 4 is 39.5 Å². The van der Waals surface area contributed by atoms with E-state index in [2.05, 4.69) is 10.3 Å². The van der Waals surface area contributed by atoms with Gasteiger partial charge in [-0.15, -0.1) is 11.3 Å². The number of aromatic nitrogens is 2. The monoisotopic (exact) mass is 363 g/mol. The van der Waals surface area contributed by atoms with Crippen LogP contribution in [0.25, 0.3) is 4.96 Å². The number of para-hydroxylation sites is 1. The highest BCUT2D eigenvalue weighted by molar-refractivity contribution is 7.15. The molecule has 0 fully saturated rings. The Morgan fingerprint density at radius 2 is 2.21 bits per heavy atom. The second-order valence-corrected chi connectivity index (χ2v) is 6.76. The zero-order valence-electron chi connectivity index (χ0n) is 13.0. The third kappa shape index (κ3) is 3.81. The Hall–Kier alpha value is -2.22. The van der Waals surface area contributed by atoms with Crippen molar-refractivity contribution in [2.45, 2.75) is 6.54 Å². The Balaban J connectivity index is 1.64. The van der Waals surface area contributed by atoms with Gasteiger partial charge < -0.3 is 10.2 Å². The van der Waals surface area contributed by atoms with E-state index in [1.807, 2.05) is 18.5 Å². The largest absolute Gasteiger partial charge is 0.325 e. The van der Waals surface area contributed by atoms with Crippen LogP contribution in [0.15, 0.2) is 46.7 Å². The van der Waals surface area contributed by atoms with E-state index in [1.165, 1.54) is 21.8 Å². The minimum absolute atomic E-state index is 0.107. The van der Waals surface area contributed by atoms with Crippen LogP contribution in [0.3, 0.4) is 0 Å². The molecule has 3 aromatic rings. The number of quaternary nitrogens is 1. The maximum atomic E-state index is 12.1. The summed E-state index contributed by atoms with van der Waals surface area (Å²) < 4.78 is 1.51. The Labute approximate surface area is 147 Å². The molecule has 0 spiro atoms. The minimum Gasteiger partial charge on any atom is -0.325 e. The van der Waals surface area contributed by atoms with Crippen LogP contribution >= 0.6 is 22.9 Å². The number of fused-ring (bicyclic) bond motifs is 1. The van der Waals surface area contributed by atoms with E-state index in [-0.39, 0.29) is 18.0 Å². The van der Waals surface area contributed by atoms with Crippen LogP contribution in [0.1, 0.15) is 5.69 Å². The highest BCUT2D eigenvalue weighted by Crippen LogP contribution is 2.19. The fraction of sp³-hybridized carbons (Fsp3) is 0.188. The lowest BCUT2D eigenvalue weighted by Gasteiger charge is -2.13. The first-order valence-corrected chi connectivity index (χ1v) is 8.60. The molecule has 2 N–H and O–H groups in total. The topological polar surface area (TPSA) is 67.9 Å². The first kappa shape index (κ1) is 16.6. The molecular formula is C16H16ClN4O2S+. The predicted molar refractivity (Wildman–Crippen MR) is 94.9 cm³/mol. The Morgan fingerprint density at radius 1 is 1.42 bits per heavy atom. The van der Waals surface area contributed by atoms with E-state index < -0.39 is 0 Å². The number of benzene rings is 1. The molecule has 0 bridgehead atoms. The molecule has 1 aromatic carbocycles. The van der Waals surface area contributed by atoms with Crippen LogP contribution in [-0.4, -0.2) is 28.9 Å². The fourth-order valence-corrected chi connectivity index (χ4v) is 3.30. The summed E-state index contributed by atoms with van der Waals surface area (Å²) >= 11 is 7.44. The molecule has 2 heterocycles. The molecule has 0 aliphatic carbocycles. The number of anilines is 1. The third-order valence-corrected chi connectivity index (χ3v) is 4.54. The van der Waals surface area contributed by atoms with Gasteiger partial charge in [0.2, 0.25) is 0 Å². The summed E-state index contributed by atoms with van der Waals surface area (Å²) in [5.41, 5.74) is 1.16. The van der Waals surface area contributed by atoms with Crippen molar-refractivity contribution in [3.8, 4) is 0 Å². The summed E-state index contributed by atoms with van der Waals surface area (Å²) in [6, 6.07) is 8.60. The number of halogens is 1. The lowest BCUT2D eigenvalue weighted by atomic mass is 10.3. The van der Waals surface area contributed by atoms with Gasteiger partial charge in [0.25, 0.3) is 11.5 Å². The highest BCUT2D eigenvalue weighted by Gasteiger charge is 2.14.